The maximum absolute atomic E-state index is 13.1. The molecule has 3 heterocycles. The first-order valence-corrected chi connectivity index (χ1v) is 10.1. The Kier molecular flexibility index (Phi) is 4.79. The van der Waals surface area contributed by atoms with Crippen LogP contribution in [-0.2, 0) is 6.54 Å². The third kappa shape index (κ3) is 3.59. The Labute approximate surface area is 177 Å². The summed E-state index contributed by atoms with van der Waals surface area (Å²) in [4.78, 5) is 38.1. The van der Waals surface area contributed by atoms with Gasteiger partial charge >= 0.3 is 0 Å². The van der Waals surface area contributed by atoms with E-state index in [2.05, 4.69) is 25.1 Å². The second-order valence-electron chi connectivity index (χ2n) is 7.56. The second kappa shape index (κ2) is 7.77. The topological polar surface area (TPSA) is 121 Å². The number of hydrogen-bond acceptors (Lipinski definition) is 7. The van der Waals surface area contributed by atoms with Crippen LogP contribution in [-0.4, -0.2) is 62.1 Å². The Morgan fingerprint density at radius 1 is 0.935 bits per heavy atom. The molecule has 9 heteroatoms. The molecular weight excluding hydrogens is 394 g/mol. The molecule has 0 spiro atoms. The molecule has 1 amide bonds. The van der Waals surface area contributed by atoms with Crippen molar-refractivity contribution in [2.75, 3.05) is 31.9 Å². The Balaban J connectivity index is 1.29. The molecule has 156 valence electrons. The van der Waals surface area contributed by atoms with Gasteiger partial charge in [-0.25, -0.2) is 15.1 Å². The van der Waals surface area contributed by atoms with Gasteiger partial charge in [-0.1, -0.05) is 30.3 Å². The van der Waals surface area contributed by atoms with Gasteiger partial charge in [0.05, 0.1) is 17.4 Å². The van der Waals surface area contributed by atoms with E-state index in [9.17, 15) is 9.59 Å². The number of nitrogens with one attached hydrogen (secondary N) is 1. The molecule has 2 aromatic carbocycles. The summed E-state index contributed by atoms with van der Waals surface area (Å²) >= 11 is 0. The maximum Gasteiger partial charge on any atom is 0.275 e. The number of nitrogens with zero attached hydrogens (tertiary/aromatic N) is 5. The number of nitrogen functional groups attached to an aromatic ring is 1. The maximum atomic E-state index is 13.1. The average Bonchev–Trinajstić information content (AvgIpc) is 2.80. The van der Waals surface area contributed by atoms with Crippen molar-refractivity contribution in [1.29, 1.82) is 0 Å². The highest BCUT2D eigenvalue weighted by Crippen LogP contribution is 2.19. The standard InChI is InChI=1S/C22H21N7O2/c23-20-16-7-3-4-8-17(16)24-18(25-20)13-28-9-11-29(12-10-28)22(31)19-14-5-1-2-6-15(14)21(30)27-26-19/h1-8H,9-13H2,(H,27,30)(H2,23,24,25). The van der Waals surface area contributed by atoms with Gasteiger partial charge in [0, 0.05) is 37.0 Å². The highest BCUT2D eigenvalue weighted by molar-refractivity contribution is 6.04. The van der Waals surface area contributed by atoms with Crippen LogP contribution in [0.15, 0.2) is 53.3 Å². The molecule has 9 nitrogen and oxygen atoms in total. The fourth-order valence-corrected chi connectivity index (χ4v) is 3.96. The van der Waals surface area contributed by atoms with Gasteiger partial charge in [0.2, 0.25) is 0 Å². The lowest BCUT2D eigenvalue weighted by Crippen LogP contribution is -2.48. The number of hydrogen-bond donors (Lipinski definition) is 2. The second-order valence-corrected chi connectivity index (χ2v) is 7.56. The molecule has 1 aliphatic rings. The molecule has 4 aromatic rings. The van der Waals surface area contributed by atoms with Gasteiger partial charge in [0.25, 0.3) is 11.5 Å². The highest BCUT2D eigenvalue weighted by Gasteiger charge is 2.25. The molecule has 3 N–H and O–H groups in total. The number of amides is 1. The molecule has 2 aromatic heterocycles. The summed E-state index contributed by atoms with van der Waals surface area (Å²) in [7, 11) is 0. The molecule has 0 bridgehead atoms. The van der Waals surface area contributed by atoms with E-state index < -0.39 is 0 Å². The van der Waals surface area contributed by atoms with Gasteiger partial charge in [-0.3, -0.25) is 14.5 Å². The zero-order chi connectivity index (χ0) is 21.4. The number of aromatic amines is 1. The van der Waals surface area contributed by atoms with Crippen molar-refractivity contribution in [3.05, 3.63) is 70.4 Å². The van der Waals surface area contributed by atoms with Gasteiger partial charge in [-0.15, -0.1) is 0 Å². The minimum absolute atomic E-state index is 0.182. The van der Waals surface area contributed by atoms with Gasteiger partial charge in [-0.2, -0.15) is 5.10 Å². The molecule has 0 unspecified atom stereocenters. The average molecular weight is 415 g/mol. The van der Waals surface area contributed by atoms with Crippen LogP contribution < -0.4 is 11.3 Å². The van der Waals surface area contributed by atoms with Crippen LogP contribution in [0.25, 0.3) is 21.7 Å². The summed E-state index contributed by atoms with van der Waals surface area (Å²) < 4.78 is 0. The summed E-state index contributed by atoms with van der Waals surface area (Å²) in [5, 5.41) is 8.34. The van der Waals surface area contributed by atoms with Crippen LogP contribution in [0.5, 0.6) is 0 Å². The lowest BCUT2D eigenvalue weighted by molar-refractivity contribution is 0.0621. The van der Waals surface area contributed by atoms with Crippen LogP contribution >= 0.6 is 0 Å². The van der Waals surface area contributed by atoms with E-state index in [1.165, 1.54) is 0 Å². The summed E-state index contributed by atoms with van der Waals surface area (Å²) in [5.41, 5.74) is 6.89. The van der Waals surface area contributed by atoms with E-state index in [0.717, 1.165) is 10.9 Å². The normalized spacial score (nSPS) is 14.9. The van der Waals surface area contributed by atoms with Crippen LogP contribution in [0.2, 0.25) is 0 Å². The molecule has 0 saturated carbocycles. The first-order valence-electron chi connectivity index (χ1n) is 10.1. The molecule has 1 saturated heterocycles. The van der Waals surface area contributed by atoms with E-state index in [4.69, 9.17) is 5.73 Å². The summed E-state index contributed by atoms with van der Waals surface area (Å²) in [6, 6.07) is 14.7. The molecule has 5 rings (SSSR count). The zero-order valence-electron chi connectivity index (χ0n) is 16.8. The predicted molar refractivity (Wildman–Crippen MR) is 117 cm³/mol. The van der Waals surface area contributed by atoms with Crippen molar-refractivity contribution >= 4 is 33.4 Å². The molecule has 0 radical (unpaired) electrons. The number of nitrogens with two attached hydrogens (primary N) is 1. The van der Waals surface area contributed by atoms with Crippen molar-refractivity contribution < 1.29 is 4.79 Å². The van der Waals surface area contributed by atoms with E-state index in [1.54, 1.807) is 29.2 Å². The summed E-state index contributed by atoms with van der Waals surface area (Å²) in [6.07, 6.45) is 0. The van der Waals surface area contributed by atoms with Gasteiger partial charge in [-0.05, 0) is 18.2 Å². The van der Waals surface area contributed by atoms with Crippen molar-refractivity contribution in [3.8, 4) is 0 Å². The number of carbonyl (C=O) groups is 1. The van der Waals surface area contributed by atoms with Crippen LogP contribution in [0, 0.1) is 0 Å². The van der Waals surface area contributed by atoms with Gasteiger partial charge in [0.1, 0.15) is 11.6 Å². The monoisotopic (exact) mass is 415 g/mol. The number of aromatic nitrogens is 4. The van der Waals surface area contributed by atoms with Gasteiger partial charge < -0.3 is 10.6 Å². The third-order valence-corrected chi connectivity index (χ3v) is 5.60. The number of piperazine rings is 1. The quantitative estimate of drug-likeness (QED) is 0.519. The molecule has 1 aliphatic heterocycles. The van der Waals surface area contributed by atoms with Crippen LogP contribution in [0.4, 0.5) is 5.82 Å². The van der Waals surface area contributed by atoms with Crippen molar-refractivity contribution in [3.63, 3.8) is 0 Å². The van der Waals surface area contributed by atoms with E-state index in [0.29, 0.717) is 55.1 Å². The number of H-pyrrole nitrogens is 1. The van der Waals surface area contributed by atoms with Crippen molar-refractivity contribution in [2.45, 2.75) is 6.54 Å². The third-order valence-electron chi connectivity index (χ3n) is 5.60. The first kappa shape index (κ1) is 19.1. The zero-order valence-corrected chi connectivity index (χ0v) is 16.8. The molecule has 0 aliphatic carbocycles. The molecular formula is C22H21N7O2. The van der Waals surface area contributed by atoms with E-state index in [-0.39, 0.29) is 17.2 Å². The lowest BCUT2D eigenvalue weighted by Gasteiger charge is -2.34. The van der Waals surface area contributed by atoms with Crippen LogP contribution in [0.1, 0.15) is 16.3 Å². The number of anilines is 1. The van der Waals surface area contributed by atoms with E-state index in [1.807, 2.05) is 24.3 Å². The molecule has 31 heavy (non-hydrogen) atoms. The Morgan fingerprint density at radius 2 is 1.61 bits per heavy atom. The highest BCUT2D eigenvalue weighted by atomic mass is 16.2. The fourth-order valence-electron chi connectivity index (χ4n) is 3.96. The van der Waals surface area contributed by atoms with Crippen molar-refractivity contribution in [1.82, 2.24) is 30.0 Å². The SMILES string of the molecule is Nc1nc(CN2CCN(C(=O)c3n[nH]c(=O)c4ccccc34)CC2)nc2ccccc12. The largest absolute Gasteiger partial charge is 0.383 e. The molecule has 0 atom stereocenters. The number of rotatable bonds is 3. The Bertz CT molecular complexity index is 1340. The summed E-state index contributed by atoms with van der Waals surface area (Å²) in [5.74, 6) is 0.966. The Hall–Kier alpha value is -3.85. The number of carbonyl (C=O) groups excluding carboxylic acids is 1. The smallest absolute Gasteiger partial charge is 0.275 e. The first-order chi connectivity index (χ1) is 15.1. The van der Waals surface area contributed by atoms with E-state index >= 15 is 0 Å². The fraction of sp³-hybridized carbons (Fsp3) is 0.227. The minimum Gasteiger partial charge on any atom is -0.383 e. The Morgan fingerprint density at radius 3 is 2.39 bits per heavy atom. The number of benzene rings is 2. The summed E-state index contributed by atoms with van der Waals surface area (Å²) in [6.45, 7) is 3.04. The minimum atomic E-state index is -0.299. The predicted octanol–water partition coefficient (Wildman–Crippen LogP) is 1.41. The number of para-hydroxylation sites is 1. The van der Waals surface area contributed by atoms with Crippen LogP contribution in [0.3, 0.4) is 0 Å². The molecule has 1 fully saturated rings. The lowest BCUT2D eigenvalue weighted by atomic mass is 10.1. The van der Waals surface area contributed by atoms with Crippen molar-refractivity contribution in [2.24, 2.45) is 0 Å². The van der Waals surface area contributed by atoms with Gasteiger partial charge in [0.15, 0.2) is 5.69 Å². The number of fused-ring (bicyclic) bond motifs is 2.